The Kier molecular flexibility index (Phi) is 7.90. The summed E-state index contributed by atoms with van der Waals surface area (Å²) < 4.78 is 2.54. The standard InChI is InChI=1S/C55H36N2S2/c1-4-16-37(17-5-1)56(38-18-6-2-7-19-38)41-30-33-51-46(35-41)44-31-28-42(36-54(44)58-51)57(39-20-8-3-9-21-39)40-29-32-48-45(34-40)43-22-10-11-23-47(43)55(48)49-24-12-14-26-52(49)59-53-27-15-13-25-50(53)55/h1-36H. The zero-order chi connectivity index (χ0) is 38.9. The molecule has 0 fully saturated rings. The van der Waals surface area contributed by atoms with E-state index in [0.717, 1.165) is 34.1 Å². The molecule has 0 amide bonds. The largest absolute Gasteiger partial charge is 0.310 e. The fourth-order valence-electron chi connectivity index (χ4n) is 9.64. The van der Waals surface area contributed by atoms with Gasteiger partial charge in [-0.15, -0.1) is 11.3 Å². The Hall–Kier alpha value is -6.85. The first-order valence-electron chi connectivity index (χ1n) is 20.1. The van der Waals surface area contributed by atoms with E-state index in [2.05, 4.69) is 228 Å². The van der Waals surface area contributed by atoms with Gasteiger partial charge in [-0.3, -0.25) is 0 Å². The first kappa shape index (κ1) is 34.2. The van der Waals surface area contributed by atoms with Gasteiger partial charge in [0.25, 0.3) is 0 Å². The van der Waals surface area contributed by atoms with E-state index >= 15 is 0 Å². The molecular formula is C55H36N2S2. The minimum absolute atomic E-state index is 0.397. The molecule has 4 heteroatoms. The van der Waals surface area contributed by atoms with Crippen LogP contribution in [0.3, 0.4) is 0 Å². The number of fused-ring (bicyclic) bond motifs is 12. The second-order valence-corrected chi connectivity index (χ2v) is 17.4. The lowest BCUT2D eigenvalue weighted by atomic mass is 9.67. The molecule has 0 radical (unpaired) electrons. The fourth-order valence-corrected chi connectivity index (χ4v) is 12.0. The van der Waals surface area contributed by atoms with Gasteiger partial charge in [0.2, 0.25) is 0 Å². The Labute approximate surface area is 352 Å². The predicted molar refractivity (Wildman–Crippen MR) is 250 cm³/mol. The molecular weight excluding hydrogens is 753 g/mol. The van der Waals surface area contributed by atoms with Crippen LogP contribution in [0.25, 0.3) is 31.3 Å². The number of rotatable bonds is 6. The van der Waals surface area contributed by atoms with Crippen molar-refractivity contribution in [2.45, 2.75) is 15.2 Å². The second kappa shape index (κ2) is 13.6. The molecule has 1 spiro atoms. The van der Waals surface area contributed by atoms with Crippen molar-refractivity contribution in [3.05, 3.63) is 241 Å². The van der Waals surface area contributed by atoms with Crippen molar-refractivity contribution in [2.75, 3.05) is 9.80 Å². The van der Waals surface area contributed by atoms with E-state index in [4.69, 9.17) is 0 Å². The van der Waals surface area contributed by atoms with E-state index in [1.807, 2.05) is 23.1 Å². The highest BCUT2D eigenvalue weighted by Gasteiger charge is 2.50. The van der Waals surface area contributed by atoms with Crippen LogP contribution in [-0.2, 0) is 5.41 Å². The molecule has 0 N–H and O–H groups in total. The molecule has 1 aliphatic carbocycles. The number of thiophene rings is 1. The van der Waals surface area contributed by atoms with Gasteiger partial charge in [-0.2, -0.15) is 0 Å². The Morgan fingerprint density at radius 3 is 1.42 bits per heavy atom. The molecule has 0 saturated carbocycles. The van der Waals surface area contributed by atoms with Gasteiger partial charge >= 0.3 is 0 Å². The van der Waals surface area contributed by atoms with E-state index in [9.17, 15) is 0 Å². The van der Waals surface area contributed by atoms with Crippen LogP contribution in [0, 0.1) is 0 Å². The third-order valence-corrected chi connectivity index (χ3v) is 14.4. The molecule has 0 atom stereocenters. The third kappa shape index (κ3) is 5.27. The summed E-state index contributed by atoms with van der Waals surface area (Å²) in [5, 5.41) is 2.53. The van der Waals surface area contributed by atoms with Gasteiger partial charge in [-0.25, -0.2) is 0 Å². The molecule has 278 valence electrons. The molecule has 12 rings (SSSR count). The molecule has 59 heavy (non-hydrogen) atoms. The molecule has 0 bridgehead atoms. The van der Waals surface area contributed by atoms with Crippen molar-refractivity contribution in [1.82, 2.24) is 0 Å². The summed E-state index contributed by atoms with van der Waals surface area (Å²) in [5.74, 6) is 0. The predicted octanol–water partition coefficient (Wildman–Crippen LogP) is 15.8. The Bertz CT molecular complexity index is 3120. The molecule has 1 aliphatic heterocycles. The first-order chi connectivity index (χ1) is 29.3. The molecule has 0 unspecified atom stereocenters. The SMILES string of the molecule is c1ccc(N(c2ccc3c(c2)-c2ccccc2C32c3ccccc3Sc3ccccc32)c2ccc3c(c2)sc2ccc(N(c4ccccc4)c4ccccc4)cc23)cc1. The van der Waals surface area contributed by atoms with Crippen LogP contribution in [0.5, 0.6) is 0 Å². The lowest BCUT2D eigenvalue weighted by molar-refractivity contribution is 0.722. The summed E-state index contributed by atoms with van der Waals surface area (Å²) in [6.07, 6.45) is 0. The van der Waals surface area contributed by atoms with Gasteiger partial charge < -0.3 is 9.80 Å². The van der Waals surface area contributed by atoms with Crippen LogP contribution in [0.15, 0.2) is 228 Å². The summed E-state index contributed by atoms with van der Waals surface area (Å²) in [6, 6.07) is 80.3. The quantitative estimate of drug-likeness (QED) is 0.166. The van der Waals surface area contributed by atoms with Gasteiger partial charge in [-0.05, 0) is 124 Å². The fraction of sp³-hybridized carbons (Fsp3) is 0.0182. The molecule has 0 saturated heterocycles. The topological polar surface area (TPSA) is 6.48 Å². The molecule has 2 heterocycles. The van der Waals surface area contributed by atoms with E-state index in [0.29, 0.717) is 0 Å². The lowest BCUT2D eigenvalue weighted by Crippen LogP contribution is -2.31. The number of hydrogen-bond acceptors (Lipinski definition) is 4. The summed E-state index contributed by atoms with van der Waals surface area (Å²) in [5.41, 5.74) is 14.4. The summed E-state index contributed by atoms with van der Waals surface area (Å²) in [7, 11) is 0. The number of hydrogen-bond donors (Lipinski definition) is 0. The maximum atomic E-state index is 2.44. The first-order valence-corrected chi connectivity index (χ1v) is 21.7. The highest BCUT2D eigenvalue weighted by molar-refractivity contribution is 7.99. The average molecular weight is 789 g/mol. The molecule has 10 aromatic rings. The van der Waals surface area contributed by atoms with Crippen LogP contribution < -0.4 is 9.80 Å². The third-order valence-electron chi connectivity index (χ3n) is 12.1. The number of anilines is 6. The average Bonchev–Trinajstić information content (AvgIpc) is 3.81. The number of nitrogens with zero attached hydrogens (tertiary/aromatic N) is 2. The van der Waals surface area contributed by atoms with Gasteiger partial charge in [0.15, 0.2) is 0 Å². The zero-order valence-electron chi connectivity index (χ0n) is 32.0. The maximum Gasteiger partial charge on any atom is 0.0735 e. The van der Waals surface area contributed by atoms with Gasteiger partial charge in [-0.1, -0.05) is 139 Å². The maximum absolute atomic E-state index is 2.44. The van der Waals surface area contributed by atoms with Crippen molar-refractivity contribution in [3.8, 4) is 11.1 Å². The van der Waals surface area contributed by atoms with Crippen LogP contribution >= 0.6 is 23.1 Å². The lowest BCUT2D eigenvalue weighted by Gasteiger charge is -2.39. The summed E-state index contributed by atoms with van der Waals surface area (Å²) in [6.45, 7) is 0. The smallest absolute Gasteiger partial charge is 0.0735 e. The summed E-state index contributed by atoms with van der Waals surface area (Å²) in [4.78, 5) is 7.41. The Balaban J connectivity index is 1.02. The molecule has 1 aromatic heterocycles. The highest BCUT2D eigenvalue weighted by atomic mass is 32.2. The number of benzene rings is 9. The van der Waals surface area contributed by atoms with Crippen molar-refractivity contribution >= 4 is 77.4 Å². The molecule has 2 aliphatic rings. The number of para-hydroxylation sites is 3. The van der Waals surface area contributed by atoms with Crippen LogP contribution in [0.2, 0.25) is 0 Å². The van der Waals surface area contributed by atoms with Crippen molar-refractivity contribution < 1.29 is 0 Å². The van der Waals surface area contributed by atoms with Crippen LogP contribution in [-0.4, -0.2) is 0 Å². The van der Waals surface area contributed by atoms with Crippen LogP contribution in [0.1, 0.15) is 22.3 Å². The summed E-state index contributed by atoms with van der Waals surface area (Å²) >= 11 is 3.75. The Morgan fingerprint density at radius 1 is 0.305 bits per heavy atom. The highest BCUT2D eigenvalue weighted by Crippen LogP contribution is 2.62. The minimum Gasteiger partial charge on any atom is -0.310 e. The van der Waals surface area contributed by atoms with Gasteiger partial charge in [0.1, 0.15) is 0 Å². The van der Waals surface area contributed by atoms with Gasteiger partial charge in [0.05, 0.1) is 5.41 Å². The normalized spacial score (nSPS) is 13.2. The minimum atomic E-state index is -0.397. The monoisotopic (exact) mass is 788 g/mol. The second-order valence-electron chi connectivity index (χ2n) is 15.3. The van der Waals surface area contributed by atoms with E-state index in [1.54, 1.807) is 0 Å². The van der Waals surface area contributed by atoms with Crippen molar-refractivity contribution in [2.24, 2.45) is 0 Å². The molecule has 9 aromatic carbocycles. The zero-order valence-corrected chi connectivity index (χ0v) is 33.6. The Morgan fingerprint density at radius 2 is 0.780 bits per heavy atom. The van der Waals surface area contributed by atoms with Crippen molar-refractivity contribution in [1.29, 1.82) is 0 Å². The molecule has 2 nitrogen and oxygen atoms in total. The van der Waals surface area contributed by atoms with E-state index in [1.165, 1.54) is 63.3 Å². The van der Waals surface area contributed by atoms with E-state index < -0.39 is 5.41 Å². The van der Waals surface area contributed by atoms with E-state index in [-0.39, 0.29) is 0 Å². The van der Waals surface area contributed by atoms with Gasteiger partial charge in [0, 0.05) is 64.1 Å². The van der Waals surface area contributed by atoms with Crippen molar-refractivity contribution in [3.63, 3.8) is 0 Å². The van der Waals surface area contributed by atoms with Crippen LogP contribution in [0.4, 0.5) is 34.1 Å².